The Morgan fingerprint density at radius 1 is 0.205 bits per heavy atom. The fourth-order valence-electron chi connectivity index (χ4n) is 9.64. The van der Waals surface area contributed by atoms with Crippen molar-refractivity contribution >= 4 is 0 Å². The van der Waals surface area contributed by atoms with E-state index >= 15 is 0 Å². The first-order chi connectivity index (χ1) is 68.4. The van der Waals surface area contributed by atoms with Gasteiger partial charge in [0.1, 0.15) is 0 Å². The molecular weight excluding hydrogens is 1840 g/mol. The van der Waals surface area contributed by atoms with Crippen LogP contribution in [0.15, 0.2) is 0 Å². The van der Waals surface area contributed by atoms with E-state index in [1.54, 1.807) is 42.7 Å². The predicted octanol–water partition coefficient (Wildman–Crippen LogP) is 37.4. The summed E-state index contributed by atoms with van der Waals surface area (Å²) < 4.78 is 108. The minimum absolute atomic E-state index is 0.0417. The Morgan fingerprint density at radius 2 is 0.445 bits per heavy atom. The third-order valence-corrected chi connectivity index (χ3v) is 18.8. The van der Waals surface area contributed by atoms with Gasteiger partial charge >= 0.3 is 0 Å². The van der Waals surface area contributed by atoms with E-state index in [9.17, 15) is 0 Å². The Kier molecular flexibility index (Phi) is 220. The fourth-order valence-corrected chi connectivity index (χ4v) is 9.64. The molecule has 2 aliphatic carbocycles. The van der Waals surface area contributed by atoms with Gasteiger partial charge in [-0.2, -0.15) is 0 Å². The third-order valence-electron chi connectivity index (χ3n) is 18.8. The maximum atomic E-state index is 5.69. The second-order valence-corrected chi connectivity index (χ2v) is 40.4. The van der Waals surface area contributed by atoms with Gasteiger partial charge in [0.2, 0.25) is 0 Å². The zero-order chi connectivity index (χ0) is 118. The number of methoxy groups -OCH3 is 6. The van der Waals surface area contributed by atoms with E-state index in [2.05, 4.69) is 252 Å². The molecule has 0 bridgehead atoms. The van der Waals surface area contributed by atoms with Crippen molar-refractivity contribution in [1.29, 1.82) is 0 Å². The van der Waals surface area contributed by atoms with Gasteiger partial charge in [-0.15, -0.1) is 0 Å². The monoisotopic (exact) mass is 2130 g/mol. The number of unbranched alkanes of at least 4 members (excludes halogenated alkanes) is 3. The lowest BCUT2D eigenvalue weighted by Gasteiger charge is -2.23. The Balaban J connectivity index is -0.0000000685. The summed E-state index contributed by atoms with van der Waals surface area (Å²) in [4.78, 5) is 0. The summed E-state index contributed by atoms with van der Waals surface area (Å²) in [6.07, 6.45) is 42.8. The summed E-state index contributed by atoms with van der Waals surface area (Å²) >= 11 is 0. The molecule has 0 aromatic carbocycles. The first-order valence-corrected chi connectivity index (χ1v) is 59.8. The lowest BCUT2D eigenvalue weighted by atomic mass is 9.98. The second kappa shape index (κ2) is 169. The molecule has 21 nitrogen and oxygen atoms in total. The molecule has 2 rings (SSSR count). The van der Waals surface area contributed by atoms with Crippen molar-refractivity contribution in [2.45, 2.75) is 675 Å². The van der Waals surface area contributed by atoms with Crippen LogP contribution in [0.1, 0.15) is 560 Å². The zero-order valence-electron chi connectivity index (χ0n) is 112. The molecule has 2 fully saturated rings. The number of rotatable bonds is 53. The smallest absolute Gasteiger partial charge is 0.0598 e. The molecule has 21 heteroatoms. The lowest BCUT2D eigenvalue weighted by molar-refractivity contribution is -0.0118. The van der Waals surface area contributed by atoms with Gasteiger partial charge in [-0.05, 0) is 393 Å². The quantitative estimate of drug-likeness (QED) is 0.0521. The van der Waals surface area contributed by atoms with Crippen LogP contribution in [0.2, 0.25) is 0 Å². The molecular formula is C125H288O21. The predicted molar refractivity (Wildman–Crippen MR) is 650 cm³/mol. The van der Waals surface area contributed by atoms with E-state index in [-0.39, 0.29) is 16.8 Å². The van der Waals surface area contributed by atoms with E-state index in [4.69, 9.17) is 90.0 Å². The van der Waals surface area contributed by atoms with Gasteiger partial charge in [0.15, 0.2) is 0 Å². The summed E-state index contributed by atoms with van der Waals surface area (Å²) in [5, 5.41) is 0. The fraction of sp³-hybridized carbons (Fsp3) is 1.00. The van der Waals surface area contributed by atoms with E-state index < -0.39 is 0 Å². The standard InChI is InChI=1S/C9H18O.C9H20O.C8H16O.2C8H18O.2C7H16O.5C6H14O.5C5H12O.2C4H10O.2C3H8O/c1-8(2)10-9-6-4-3-5-7-9;1-4-6-8-10-9(3)7-5-2;1-7(2)9-8-5-3-4-6-8;1-4-6-7-9-8(3)5-2;1-4-6-8(3)9-7-5-2;1-4-5-6-8-7(2)3;1-4-6-8-7(3)5-2;2*1-5-7-6(2,3)4;1-4-5-6(2)7-3;1-4-5-7-6(2)3;1-4-6(3)7-5-2;1-5(2,3)6-4;1-4-5(2)6-3;2*1-4-6-5(2)3;1-3-5-6-4-2;1-4(2)5-3;1-3-5-4-2;2*1-3-4-2/h8-9H,3-7H2,1-2H3;9H,4-8H2,1-3H3;7-8H,3-6H2,1-2H3;2*8H,4-7H2,1-3H3;2*7H,4-6H2,1-3H3;2*5H2,1-4H3;3*6H,4-5H2,1-3H3;1-4H3;3*5H,4H2,1-3H3;3-5H2,1-2H3;4H,1-3H3;3-4H2,1-2H3;2*3H2,1-2H3. The van der Waals surface area contributed by atoms with Crippen molar-refractivity contribution in [3.05, 3.63) is 0 Å². The topological polar surface area (TPSA) is 194 Å². The highest BCUT2D eigenvalue weighted by atomic mass is 16.5. The van der Waals surface area contributed by atoms with Crippen LogP contribution >= 0.6 is 0 Å². The van der Waals surface area contributed by atoms with Gasteiger partial charge in [0, 0.05) is 155 Å². The van der Waals surface area contributed by atoms with Gasteiger partial charge < -0.3 is 99.5 Å². The molecule has 7 atom stereocenters. The van der Waals surface area contributed by atoms with Gasteiger partial charge in [0.25, 0.3) is 0 Å². The van der Waals surface area contributed by atoms with Crippen LogP contribution in [-0.4, -0.2) is 269 Å². The molecule has 0 aromatic heterocycles. The zero-order valence-corrected chi connectivity index (χ0v) is 112. The van der Waals surface area contributed by atoms with Gasteiger partial charge in [-0.3, -0.25) is 0 Å². The van der Waals surface area contributed by atoms with Crippen LogP contribution in [0, 0.1) is 0 Å². The Hall–Kier alpha value is -0.840. The average Bonchev–Trinajstić information content (AvgIpc) is 1.85. The largest absolute Gasteiger partial charge is 0.385 e. The number of hydrogen-bond donors (Lipinski definition) is 0. The molecule has 0 aromatic rings. The SMILES string of the molecule is CC(C)OC1CCCC1.CC(C)OC1CCCCC1.CCC(C)OC.CCCC(C)OC.CCCCOC(C)C.CCCCOC(C)CC.CCCCOC(C)CCC.CCCOC(C)C.CCCOC(C)CC.CCCOC(C)CCC.CCCOCC.CCOC.CCOC.CCOC(C)(C)C.CCOC(C)(C)C.CCOC(C)C.CCOC(C)C.CCOC(C)CC.CCOCC.COC(C)(C)C.COC(C)C. The Bertz CT molecular complexity index is 1850. The summed E-state index contributed by atoms with van der Waals surface area (Å²) in [7, 11) is 10.2. The van der Waals surface area contributed by atoms with Crippen molar-refractivity contribution in [3.63, 3.8) is 0 Å². The lowest BCUT2D eigenvalue weighted by Crippen LogP contribution is -2.20. The molecule has 2 aliphatic rings. The summed E-state index contributed by atoms with van der Waals surface area (Å²) in [6, 6.07) is 0. The maximum absolute atomic E-state index is 5.69. The molecule has 0 spiro atoms. The average molecular weight is 2130 g/mol. The highest BCUT2D eigenvalue weighted by Crippen LogP contribution is 2.23. The van der Waals surface area contributed by atoms with Crippen molar-refractivity contribution < 1.29 is 99.5 Å². The molecule has 2 saturated carbocycles. The van der Waals surface area contributed by atoms with Gasteiger partial charge in [0.05, 0.1) is 114 Å². The Morgan fingerprint density at radius 3 is 0.596 bits per heavy atom. The highest BCUT2D eigenvalue weighted by Gasteiger charge is 2.17. The van der Waals surface area contributed by atoms with Crippen LogP contribution in [-0.2, 0) is 99.5 Å². The molecule has 0 amide bonds. The molecule has 0 aliphatic heterocycles. The Labute approximate surface area is 923 Å². The van der Waals surface area contributed by atoms with Crippen LogP contribution in [0.5, 0.6) is 0 Å². The first-order valence-electron chi connectivity index (χ1n) is 59.8. The molecule has 146 heavy (non-hydrogen) atoms. The van der Waals surface area contributed by atoms with Crippen LogP contribution in [0.3, 0.4) is 0 Å². The minimum Gasteiger partial charge on any atom is -0.385 e. The normalized spacial score (nSPS) is 13.1. The molecule has 0 N–H and O–H groups in total. The number of hydrogen-bond acceptors (Lipinski definition) is 21. The molecule has 0 heterocycles. The second-order valence-electron chi connectivity index (χ2n) is 40.4. The summed E-state index contributed by atoms with van der Waals surface area (Å²) in [5.74, 6) is 0. The van der Waals surface area contributed by atoms with E-state index in [0.29, 0.717) is 97.7 Å². The first kappa shape index (κ1) is 190. The van der Waals surface area contributed by atoms with Gasteiger partial charge in [-0.1, -0.05) is 168 Å². The van der Waals surface area contributed by atoms with Crippen LogP contribution < -0.4 is 0 Å². The summed E-state index contributed by atoms with van der Waals surface area (Å²) in [5.41, 5.74) is 0.142. The molecule has 0 radical (unpaired) electrons. The molecule has 914 valence electrons. The highest BCUT2D eigenvalue weighted by molar-refractivity contribution is 4.68. The van der Waals surface area contributed by atoms with Crippen molar-refractivity contribution in [2.75, 3.05) is 155 Å². The number of ether oxygens (including phenoxy) is 21. The van der Waals surface area contributed by atoms with Crippen molar-refractivity contribution in [2.24, 2.45) is 0 Å². The van der Waals surface area contributed by atoms with E-state index in [1.165, 1.54) is 135 Å². The van der Waals surface area contributed by atoms with E-state index in [1.807, 2.05) is 132 Å². The third kappa shape index (κ3) is 294. The minimum atomic E-state index is 0.0417. The maximum Gasteiger partial charge on any atom is 0.0598 e. The van der Waals surface area contributed by atoms with Crippen molar-refractivity contribution in [3.8, 4) is 0 Å². The van der Waals surface area contributed by atoms with Crippen molar-refractivity contribution in [1.82, 2.24) is 0 Å². The van der Waals surface area contributed by atoms with E-state index in [0.717, 1.165) is 164 Å². The molecule has 7 unspecified atom stereocenters. The van der Waals surface area contributed by atoms with Crippen LogP contribution in [0.4, 0.5) is 0 Å². The summed E-state index contributed by atoms with van der Waals surface area (Å²) in [6.45, 7) is 127. The van der Waals surface area contributed by atoms with Crippen LogP contribution in [0.25, 0.3) is 0 Å². The van der Waals surface area contributed by atoms with Gasteiger partial charge in [-0.25, -0.2) is 0 Å². The molecule has 0 saturated heterocycles.